The summed E-state index contributed by atoms with van der Waals surface area (Å²) in [5.74, 6) is 0.767. The minimum atomic E-state index is -0.308. The summed E-state index contributed by atoms with van der Waals surface area (Å²) in [6.45, 7) is 4.12. The van der Waals surface area contributed by atoms with Gasteiger partial charge in [-0.2, -0.15) is 0 Å². The summed E-state index contributed by atoms with van der Waals surface area (Å²) in [5, 5.41) is 5.39. The first-order valence-electron chi connectivity index (χ1n) is 6.55. The molecule has 0 atom stereocenters. The molecule has 110 valence electrons. The molecule has 0 unspecified atom stereocenters. The monoisotopic (exact) mass is 348 g/mol. The van der Waals surface area contributed by atoms with Gasteiger partial charge in [-0.3, -0.25) is 0 Å². The van der Waals surface area contributed by atoms with E-state index in [9.17, 15) is 4.79 Å². The number of ether oxygens (including phenoxy) is 1. The molecule has 0 spiro atoms. The molecule has 0 radical (unpaired) electrons. The van der Waals surface area contributed by atoms with Crippen molar-refractivity contribution in [2.45, 2.75) is 13.8 Å². The van der Waals surface area contributed by atoms with Gasteiger partial charge in [0.1, 0.15) is 5.75 Å². The minimum absolute atomic E-state index is 0.115. The van der Waals surface area contributed by atoms with Crippen molar-refractivity contribution in [1.29, 1.82) is 0 Å². The van der Waals surface area contributed by atoms with Gasteiger partial charge in [0.15, 0.2) is 6.73 Å². The van der Waals surface area contributed by atoms with Gasteiger partial charge in [0.2, 0.25) is 0 Å². The van der Waals surface area contributed by atoms with Crippen LogP contribution < -0.4 is 15.4 Å². The summed E-state index contributed by atoms with van der Waals surface area (Å²) in [7, 11) is 0. The highest BCUT2D eigenvalue weighted by molar-refractivity contribution is 9.10. The Hall–Kier alpha value is -2.01. The fourth-order valence-corrected chi connectivity index (χ4v) is 2.28. The normalized spacial score (nSPS) is 10.0. The van der Waals surface area contributed by atoms with Crippen molar-refractivity contribution in [3.63, 3.8) is 0 Å². The van der Waals surface area contributed by atoms with Crippen LogP contribution in [0.3, 0.4) is 0 Å². The maximum atomic E-state index is 11.7. The van der Waals surface area contributed by atoms with Crippen molar-refractivity contribution in [2.24, 2.45) is 0 Å². The lowest BCUT2D eigenvalue weighted by atomic mass is 10.1. The average molecular weight is 349 g/mol. The van der Waals surface area contributed by atoms with Crippen LogP contribution in [0.5, 0.6) is 5.75 Å². The molecule has 0 aromatic heterocycles. The van der Waals surface area contributed by atoms with Crippen LogP contribution in [0.2, 0.25) is 0 Å². The number of carbonyl (C=O) groups is 1. The Balaban J connectivity index is 1.81. The van der Waals surface area contributed by atoms with Crippen LogP contribution in [0.1, 0.15) is 11.1 Å². The minimum Gasteiger partial charge on any atom is -0.473 e. The van der Waals surface area contributed by atoms with Gasteiger partial charge in [-0.15, -0.1) is 0 Å². The number of nitrogens with one attached hydrogen (secondary N) is 2. The van der Waals surface area contributed by atoms with Gasteiger partial charge in [0.05, 0.1) is 0 Å². The first-order chi connectivity index (χ1) is 10.0. The zero-order valence-electron chi connectivity index (χ0n) is 11.9. The van der Waals surface area contributed by atoms with Gasteiger partial charge >= 0.3 is 6.03 Å². The first-order valence-corrected chi connectivity index (χ1v) is 7.34. The molecular formula is C16H17BrN2O2. The number of aryl methyl sites for hydroxylation is 2. The molecule has 0 aliphatic heterocycles. The second kappa shape index (κ2) is 7.13. The number of urea groups is 1. The van der Waals surface area contributed by atoms with Crippen LogP contribution in [0.4, 0.5) is 10.5 Å². The van der Waals surface area contributed by atoms with E-state index >= 15 is 0 Å². The molecule has 2 N–H and O–H groups in total. The SMILES string of the molecule is Cc1ccc(OCNC(=O)Nc2cccc(Br)c2)c(C)c1. The lowest BCUT2D eigenvalue weighted by Gasteiger charge is -2.11. The fraction of sp³-hybridized carbons (Fsp3) is 0.188. The van der Waals surface area contributed by atoms with Gasteiger partial charge in [-0.1, -0.05) is 39.7 Å². The Morgan fingerprint density at radius 1 is 1.19 bits per heavy atom. The predicted molar refractivity (Wildman–Crippen MR) is 87.7 cm³/mol. The maximum absolute atomic E-state index is 11.7. The summed E-state index contributed by atoms with van der Waals surface area (Å²) >= 11 is 3.35. The molecule has 0 aliphatic rings. The van der Waals surface area contributed by atoms with Crippen LogP contribution in [0.25, 0.3) is 0 Å². The fourth-order valence-electron chi connectivity index (χ4n) is 1.88. The zero-order chi connectivity index (χ0) is 15.2. The molecular weight excluding hydrogens is 332 g/mol. The van der Waals surface area contributed by atoms with E-state index in [0.29, 0.717) is 5.69 Å². The summed E-state index contributed by atoms with van der Waals surface area (Å²) < 4.78 is 6.45. The largest absolute Gasteiger partial charge is 0.473 e. The Labute approximate surface area is 132 Å². The van der Waals surface area contributed by atoms with Gasteiger partial charge in [0, 0.05) is 10.2 Å². The van der Waals surface area contributed by atoms with Gasteiger partial charge < -0.3 is 15.4 Å². The molecule has 0 bridgehead atoms. The molecule has 0 fully saturated rings. The first kappa shape index (κ1) is 15.4. The highest BCUT2D eigenvalue weighted by atomic mass is 79.9. The zero-order valence-corrected chi connectivity index (χ0v) is 13.5. The molecule has 0 saturated carbocycles. The molecule has 2 aromatic rings. The number of hydrogen-bond donors (Lipinski definition) is 2. The van der Waals surface area contributed by atoms with E-state index < -0.39 is 0 Å². The smallest absolute Gasteiger partial charge is 0.321 e. The number of halogens is 1. The van der Waals surface area contributed by atoms with E-state index in [1.54, 1.807) is 0 Å². The average Bonchev–Trinajstić information content (AvgIpc) is 2.41. The van der Waals surface area contributed by atoms with Crippen molar-refractivity contribution in [2.75, 3.05) is 12.0 Å². The number of carbonyl (C=O) groups excluding carboxylic acids is 1. The van der Waals surface area contributed by atoms with Gasteiger partial charge in [-0.25, -0.2) is 4.79 Å². The summed E-state index contributed by atoms with van der Waals surface area (Å²) in [6, 6.07) is 13.0. The van der Waals surface area contributed by atoms with Gasteiger partial charge in [0.25, 0.3) is 0 Å². The van der Waals surface area contributed by atoms with E-state index in [1.165, 1.54) is 5.56 Å². The standard InChI is InChI=1S/C16H17BrN2O2/c1-11-6-7-15(12(2)8-11)21-10-18-16(20)19-14-5-3-4-13(17)9-14/h3-9H,10H2,1-2H3,(H2,18,19,20). The Morgan fingerprint density at radius 3 is 2.71 bits per heavy atom. The Kier molecular flexibility index (Phi) is 5.22. The summed E-state index contributed by atoms with van der Waals surface area (Å²) in [4.78, 5) is 11.7. The maximum Gasteiger partial charge on any atom is 0.321 e. The van der Waals surface area contributed by atoms with E-state index in [4.69, 9.17) is 4.74 Å². The van der Waals surface area contributed by atoms with E-state index in [1.807, 2.05) is 56.3 Å². The van der Waals surface area contributed by atoms with Crippen LogP contribution in [-0.2, 0) is 0 Å². The third kappa shape index (κ3) is 4.79. The molecule has 0 aliphatic carbocycles. The van der Waals surface area contributed by atoms with Crippen molar-refractivity contribution in [3.8, 4) is 5.75 Å². The Morgan fingerprint density at radius 2 is 2.00 bits per heavy atom. The van der Waals surface area contributed by atoms with Crippen molar-refractivity contribution < 1.29 is 9.53 Å². The number of benzene rings is 2. The second-order valence-corrected chi connectivity index (χ2v) is 5.61. The molecule has 21 heavy (non-hydrogen) atoms. The van der Waals surface area contributed by atoms with Crippen LogP contribution in [-0.4, -0.2) is 12.8 Å². The van der Waals surface area contributed by atoms with E-state index in [-0.39, 0.29) is 12.8 Å². The third-order valence-corrected chi connectivity index (χ3v) is 3.37. The number of anilines is 1. The molecule has 2 amide bonds. The molecule has 5 heteroatoms. The Bertz CT molecular complexity index is 644. The number of rotatable bonds is 4. The number of hydrogen-bond acceptors (Lipinski definition) is 2. The van der Waals surface area contributed by atoms with Crippen LogP contribution in [0.15, 0.2) is 46.9 Å². The topological polar surface area (TPSA) is 50.4 Å². The van der Waals surface area contributed by atoms with E-state index in [0.717, 1.165) is 15.8 Å². The molecule has 4 nitrogen and oxygen atoms in total. The predicted octanol–water partition coefficient (Wildman–Crippen LogP) is 4.22. The number of amides is 2. The summed E-state index contributed by atoms with van der Waals surface area (Å²) in [5.41, 5.74) is 2.94. The molecule has 0 heterocycles. The van der Waals surface area contributed by atoms with Gasteiger partial charge in [-0.05, 0) is 43.7 Å². The van der Waals surface area contributed by atoms with Crippen molar-refractivity contribution in [3.05, 3.63) is 58.1 Å². The second-order valence-electron chi connectivity index (χ2n) is 4.70. The van der Waals surface area contributed by atoms with Crippen LogP contribution in [0, 0.1) is 13.8 Å². The third-order valence-electron chi connectivity index (χ3n) is 2.87. The summed E-state index contributed by atoms with van der Waals surface area (Å²) in [6.07, 6.45) is 0. The molecule has 2 aromatic carbocycles. The molecule has 0 saturated heterocycles. The highest BCUT2D eigenvalue weighted by Gasteiger charge is 2.03. The molecule has 2 rings (SSSR count). The lowest BCUT2D eigenvalue weighted by molar-refractivity contribution is 0.234. The van der Waals surface area contributed by atoms with Crippen LogP contribution >= 0.6 is 15.9 Å². The quantitative estimate of drug-likeness (QED) is 0.812. The van der Waals surface area contributed by atoms with E-state index in [2.05, 4.69) is 26.6 Å². The van der Waals surface area contributed by atoms with Crippen molar-refractivity contribution in [1.82, 2.24) is 5.32 Å². The van der Waals surface area contributed by atoms with Crippen molar-refractivity contribution >= 4 is 27.6 Å². The highest BCUT2D eigenvalue weighted by Crippen LogP contribution is 2.18. The lowest BCUT2D eigenvalue weighted by Crippen LogP contribution is -2.32.